The molecular formula is C27H35N3O4. The van der Waals surface area contributed by atoms with Gasteiger partial charge in [-0.2, -0.15) is 0 Å². The summed E-state index contributed by atoms with van der Waals surface area (Å²) in [6, 6.07) is 15.5. The molecular weight excluding hydrogens is 430 g/mol. The quantitative estimate of drug-likeness (QED) is 0.740. The number of methoxy groups -OCH3 is 1. The van der Waals surface area contributed by atoms with Crippen LogP contribution in [0.4, 0.5) is 5.69 Å². The number of para-hydroxylation sites is 3. The molecule has 1 N–H and O–H groups in total. The Morgan fingerprint density at radius 1 is 1.03 bits per heavy atom. The van der Waals surface area contributed by atoms with Gasteiger partial charge in [-0.3, -0.25) is 14.5 Å². The zero-order valence-electron chi connectivity index (χ0n) is 20.2. The molecule has 0 saturated carbocycles. The van der Waals surface area contributed by atoms with Crippen LogP contribution in [0.25, 0.3) is 0 Å². The van der Waals surface area contributed by atoms with E-state index < -0.39 is 5.54 Å². The Kier molecular flexibility index (Phi) is 7.73. The number of ether oxygens (including phenoxy) is 2. The molecule has 7 nitrogen and oxygen atoms in total. The second kappa shape index (κ2) is 10.9. The monoisotopic (exact) mass is 465 g/mol. The summed E-state index contributed by atoms with van der Waals surface area (Å²) in [5.74, 6) is 1.53. The number of likely N-dealkylation sites (tertiary alicyclic amines) is 1. The maximum atomic E-state index is 13.9. The van der Waals surface area contributed by atoms with Gasteiger partial charge in [0.15, 0.2) is 0 Å². The van der Waals surface area contributed by atoms with E-state index in [1.807, 2.05) is 47.4 Å². The standard InChI is InChI=1S/C27H35N3O4/c1-21(31)29-16-8-7-14-27(26(32)28-23-11-4-6-13-25(23)34-19-18-29)15-9-17-30(27)20-22-10-3-5-12-24(22)33-2/h3-6,10-13H,7-9,14-20H2,1-2H3,(H,28,32)/t27-/m1/s1. The van der Waals surface area contributed by atoms with E-state index in [0.717, 1.165) is 50.0 Å². The van der Waals surface area contributed by atoms with Crippen molar-refractivity contribution in [1.29, 1.82) is 0 Å². The van der Waals surface area contributed by atoms with E-state index in [9.17, 15) is 9.59 Å². The van der Waals surface area contributed by atoms with Gasteiger partial charge in [-0.05, 0) is 56.8 Å². The van der Waals surface area contributed by atoms with Gasteiger partial charge in [-0.15, -0.1) is 0 Å². The highest BCUT2D eigenvalue weighted by molar-refractivity contribution is 5.99. The summed E-state index contributed by atoms with van der Waals surface area (Å²) in [7, 11) is 1.68. The molecule has 0 bridgehead atoms. The molecule has 1 atom stereocenters. The van der Waals surface area contributed by atoms with E-state index in [0.29, 0.717) is 37.7 Å². The first kappa shape index (κ1) is 24.1. The van der Waals surface area contributed by atoms with Crippen molar-refractivity contribution in [3.05, 3.63) is 54.1 Å². The number of hydrogen-bond donors (Lipinski definition) is 1. The van der Waals surface area contributed by atoms with Gasteiger partial charge in [0.2, 0.25) is 11.8 Å². The van der Waals surface area contributed by atoms with Gasteiger partial charge >= 0.3 is 0 Å². The molecule has 4 rings (SSSR count). The number of fused-ring (bicyclic) bond motifs is 1. The number of carbonyl (C=O) groups is 2. The SMILES string of the molecule is COc1ccccc1CN1CCC[C@@]12CCCCN(C(C)=O)CCOc1ccccc1NC2=O. The largest absolute Gasteiger partial charge is 0.496 e. The molecule has 2 aromatic rings. The molecule has 0 aromatic heterocycles. The third-order valence-corrected chi connectivity index (χ3v) is 7.07. The van der Waals surface area contributed by atoms with Crippen LogP contribution in [0.1, 0.15) is 44.6 Å². The van der Waals surface area contributed by atoms with E-state index >= 15 is 0 Å². The lowest BCUT2D eigenvalue weighted by Gasteiger charge is -2.38. The Bertz CT molecular complexity index is 1010. The first-order valence-electron chi connectivity index (χ1n) is 12.2. The minimum Gasteiger partial charge on any atom is -0.496 e. The van der Waals surface area contributed by atoms with Crippen molar-refractivity contribution >= 4 is 17.5 Å². The van der Waals surface area contributed by atoms with Crippen molar-refractivity contribution in [3.63, 3.8) is 0 Å². The van der Waals surface area contributed by atoms with Crippen molar-refractivity contribution in [2.24, 2.45) is 0 Å². The van der Waals surface area contributed by atoms with Crippen molar-refractivity contribution in [1.82, 2.24) is 9.80 Å². The van der Waals surface area contributed by atoms with Crippen LogP contribution in [0, 0.1) is 0 Å². The van der Waals surface area contributed by atoms with E-state index in [1.165, 1.54) is 0 Å². The number of rotatable bonds is 3. The van der Waals surface area contributed by atoms with E-state index in [-0.39, 0.29) is 11.8 Å². The van der Waals surface area contributed by atoms with Crippen LogP contribution < -0.4 is 14.8 Å². The van der Waals surface area contributed by atoms with E-state index in [1.54, 1.807) is 14.0 Å². The van der Waals surface area contributed by atoms with Gasteiger partial charge in [0, 0.05) is 25.6 Å². The highest BCUT2D eigenvalue weighted by atomic mass is 16.5. The Hall–Kier alpha value is -3.06. The Balaban J connectivity index is 1.65. The van der Waals surface area contributed by atoms with E-state index in [4.69, 9.17) is 9.47 Å². The molecule has 2 aromatic carbocycles. The fourth-order valence-corrected chi connectivity index (χ4v) is 5.20. The lowest BCUT2D eigenvalue weighted by atomic mass is 9.87. The highest BCUT2D eigenvalue weighted by Gasteiger charge is 2.47. The lowest BCUT2D eigenvalue weighted by molar-refractivity contribution is -0.130. The van der Waals surface area contributed by atoms with Crippen molar-refractivity contribution in [3.8, 4) is 11.5 Å². The van der Waals surface area contributed by atoms with Crippen molar-refractivity contribution < 1.29 is 19.1 Å². The molecule has 0 unspecified atom stereocenters. The Morgan fingerprint density at radius 3 is 2.62 bits per heavy atom. The van der Waals surface area contributed by atoms with Crippen molar-refractivity contribution in [2.75, 3.05) is 38.7 Å². The van der Waals surface area contributed by atoms with Crippen LogP contribution in [0.3, 0.4) is 0 Å². The number of anilines is 1. The molecule has 1 saturated heterocycles. The summed E-state index contributed by atoms with van der Waals surface area (Å²) in [4.78, 5) is 30.2. The Morgan fingerprint density at radius 2 is 1.79 bits per heavy atom. The fourth-order valence-electron chi connectivity index (χ4n) is 5.20. The summed E-state index contributed by atoms with van der Waals surface area (Å²) in [5.41, 5.74) is 1.13. The van der Waals surface area contributed by atoms with Crippen LogP contribution in [0.5, 0.6) is 11.5 Å². The smallest absolute Gasteiger partial charge is 0.245 e. The zero-order valence-corrected chi connectivity index (χ0v) is 20.2. The number of nitrogens with one attached hydrogen (secondary N) is 1. The normalized spacial score (nSPS) is 22.1. The molecule has 182 valence electrons. The van der Waals surface area contributed by atoms with Crippen LogP contribution in [-0.4, -0.2) is 60.5 Å². The molecule has 1 fully saturated rings. The van der Waals surface area contributed by atoms with E-state index in [2.05, 4.69) is 16.3 Å². The predicted molar refractivity (Wildman–Crippen MR) is 132 cm³/mol. The Labute approximate surface area is 202 Å². The number of amides is 2. The van der Waals surface area contributed by atoms with Gasteiger partial charge in [-0.25, -0.2) is 0 Å². The highest BCUT2D eigenvalue weighted by Crippen LogP contribution is 2.38. The van der Waals surface area contributed by atoms with Gasteiger partial charge in [-0.1, -0.05) is 30.3 Å². The number of nitrogens with zero attached hydrogens (tertiary/aromatic N) is 2. The summed E-state index contributed by atoms with van der Waals surface area (Å²) in [6.45, 7) is 4.69. The van der Waals surface area contributed by atoms with Crippen LogP contribution >= 0.6 is 0 Å². The fraction of sp³-hybridized carbons (Fsp3) is 0.481. The molecule has 2 aliphatic rings. The average molecular weight is 466 g/mol. The van der Waals surface area contributed by atoms with Gasteiger partial charge in [0.25, 0.3) is 0 Å². The van der Waals surface area contributed by atoms with Crippen LogP contribution in [-0.2, 0) is 16.1 Å². The molecule has 2 aliphatic heterocycles. The number of carbonyl (C=O) groups excluding carboxylic acids is 2. The summed E-state index contributed by atoms with van der Waals surface area (Å²) < 4.78 is 11.6. The summed E-state index contributed by atoms with van der Waals surface area (Å²) in [5, 5.41) is 3.19. The molecule has 0 radical (unpaired) electrons. The maximum Gasteiger partial charge on any atom is 0.245 e. The second-order valence-corrected chi connectivity index (χ2v) is 9.13. The third-order valence-electron chi connectivity index (χ3n) is 7.07. The minimum absolute atomic E-state index is 0.0126. The molecule has 34 heavy (non-hydrogen) atoms. The summed E-state index contributed by atoms with van der Waals surface area (Å²) >= 11 is 0. The van der Waals surface area contributed by atoms with Gasteiger partial charge < -0.3 is 19.7 Å². The van der Waals surface area contributed by atoms with Crippen molar-refractivity contribution in [2.45, 2.75) is 51.1 Å². The predicted octanol–water partition coefficient (Wildman–Crippen LogP) is 4.08. The van der Waals surface area contributed by atoms with Gasteiger partial charge in [0.1, 0.15) is 23.6 Å². The molecule has 2 amide bonds. The molecule has 1 spiro atoms. The molecule has 7 heteroatoms. The average Bonchev–Trinajstić information content (AvgIpc) is 3.25. The molecule has 0 aliphatic carbocycles. The first-order valence-corrected chi connectivity index (χ1v) is 12.2. The topological polar surface area (TPSA) is 71.1 Å². The number of hydrogen-bond acceptors (Lipinski definition) is 5. The summed E-state index contributed by atoms with van der Waals surface area (Å²) in [6.07, 6.45) is 4.21. The van der Waals surface area contributed by atoms with Gasteiger partial charge in [0.05, 0.1) is 19.3 Å². The third kappa shape index (κ3) is 5.20. The molecule has 2 heterocycles. The maximum absolute atomic E-state index is 13.9. The minimum atomic E-state index is -0.622. The van der Waals surface area contributed by atoms with Crippen LogP contribution in [0.2, 0.25) is 0 Å². The second-order valence-electron chi connectivity index (χ2n) is 9.13. The first-order chi connectivity index (χ1) is 16.5. The lowest BCUT2D eigenvalue weighted by Crippen LogP contribution is -2.52. The van der Waals surface area contributed by atoms with Crippen LogP contribution in [0.15, 0.2) is 48.5 Å². The zero-order chi connectivity index (χ0) is 24.0. The number of benzene rings is 2.